The summed E-state index contributed by atoms with van der Waals surface area (Å²) in [6, 6.07) is 12.2. The summed E-state index contributed by atoms with van der Waals surface area (Å²) in [6.07, 6.45) is 0. The summed E-state index contributed by atoms with van der Waals surface area (Å²) < 4.78 is 40.6. The number of aromatic nitrogens is 2. The van der Waals surface area contributed by atoms with E-state index in [2.05, 4.69) is 20.2 Å². The molecule has 5 nitrogen and oxygen atoms in total. The molecule has 1 aromatic heterocycles. The van der Waals surface area contributed by atoms with Gasteiger partial charge < -0.3 is 15.1 Å². The van der Waals surface area contributed by atoms with E-state index in [0.29, 0.717) is 43.5 Å². The highest BCUT2D eigenvalue weighted by Gasteiger charge is 2.21. The van der Waals surface area contributed by atoms with Gasteiger partial charge in [-0.25, -0.2) is 18.2 Å². The normalized spacial score (nSPS) is 14.2. The molecular weight excluding hydrogens is 379 g/mol. The average Bonchev–Trinajstić information content (AvgIpc) is 2.71. The lowest BCUT2D eigenvalue weighted by molar-refractivity contribution is 0.509. The molecule has 0 atom stereocenters. The van der Waals surface area contributed by atoms with Gasteiger partial charge in [0.1, 0.15) is 11.6 Å². The first kappa shape index (κ1) is 19.0. The molecule has 3 aromatic rings. The smallest absolute Gasteiger partial charge is 0.229 e. The maximum Gasteiger partial charge on any atom is 0.229 e. The molecule has 0 unspecified atom stereocenters. The van der Waals surface area contributed by atoms with Crippen LogP contribution in [-0.4, -0.2) is 36.1 Å². The summed E-state index contributed by atoms with van der Waals surface area (Å²) in [6.45, 7) is 4.52. The van der Waals surface area contributed by atoms with E-state index in [9.17, 15) is 13.2 Å². The Morgan fingerprint density at radius 1 is 0.793 bits per heavy atom. The SMILES string of the molecule is Cc1cc(N2CCN(c3ccccc3F)CC2)nc(Nc2ccc(F)c(F)c2)n1. The molecule has 1 saturated heterocycles. The molecule has 2 heterocycles. The highest BCUT2D eigenvalue weighted by molar-refractivity contribution is 5.56. The summed E-state index contributed by atoms with van der Waals surface area (Å²) in [5.74, 6) is -1.03. The number of piperazine rings is 1. The number of nitrogens with zero attached hydrogens (tertiary/aromatic N) is 4. The van der Waals surface area contributed by atoms with Crippen LogP contribution < -0.4 is 15.1 Å². The fourth-order valence-corrected chi connectivity index (χ4v) is 3.36. The highest BCUT2D eigenvalue weighted by Crippen LogP contribution is 2.24. The molecule has 1 fully saturated rings. The Kier molecular flexibility index (Phi) is 5.24. The van der Waals surface area contributed by atoms with Crippen molar-refractivity contribution in [1.29, 1.82) is 0 Å². The predicted molar refractivity (Wildman–Crippen MR) is 107 cm³/mol. The third-order valence-electron chi connectivity index (χ3n) is 4.81. The molecule has 0 amide bonds. The standard InChI is InChI=1S/C21H20F3N5/c1-14-12-20(27-21(25-14)26-15-6-7-16(22)18(24)13-15)29-10-8-28(9-11-29)19-5-3-2-4-17(19)23/h2-7,12-13H,8-11H2,1H3,(H,25,26,27). The van der Waals surface area contributed by atoms with E-state index < -0.39 is 11.6 Å². The Morgan fingerprint density at radius 3 is 2.24 bits per heavy atom. The predicted octanol–water partition coefficient (Wildman–Crippen LogP) is 4.27. The minimum absolute atomic E-state index is 0.225. The van der Waals surface area contributed by atoms with E-state index in [1.807, 2.05) is 24.0 Å². The lowest BCUT2D eigenvalue weighted by atomic mass is 10.2. The van der Waals surface area contributed by atoms with Gasteiger partial charge in [-0.15, -0.1) is 0 Å². The van der Waals surface area contributed by atoms with Gasteiger partial charge in [0.15, 0.2) is 11.6 Å². The topological polar surface area (TPSA) is 44.3 Å². The Morgan fingerprint density at radius 2 is 1.52 bits per heavy atom. The number of rotatable bonds is 4. The largest absolute Gasteiger partial charge is 0.366 e. The number of halogens is 3. The Balaban J connectivity index is 1.48. The number of anilines is 4. The van der Waals surface area contributed by atoms with Crippen molar-refractivity contribution in [2.24, 2.45) is 0 Å². The molecule has 0 saturated carbocycles. The second-order valence-corrected chi connectivity index (χ2v) is 6.87. The summed E-state index contributed by atoms with van der Waals surface area (Å²) in [7, 11) is 0. The zero-order chi connectivity index (χ0) is 20.4. The van der Waals surface area contributed by atoms with Crippen molar-refractivity contribution in [3.05, 3.63) is 71.7 Å². The van der Waals surface area contributed by atoms with E-state index in [0.717, 1.165) is 23.6 Å². The van der Waals surface area contributed by atoms with Crippen LogP contribution in [0.4, 0.5) is 36.3 Å². The van der Waals surface area contributed by atoms with Crippen LogP contribution in [0.25, 0.3) is 0 Å². The van der Waals surface area contributed by atoms with E-state index in [1.54, 1.807) is 12.1 Å². The molecule has 150 valence electrons. The number of nitrogens with one attached hydrogen (secondary N) is 1. The molecule has 29 heavy (non-hydrogen) atoms. The monoisotopic (exact) mass is 399 g/mol. The zero-order valence-electron chi connectivity index (χ0n) is 15.9. The first-order valence-electron chi connectivity index (χ1n) is 9.32. The second-order valence-electron chi connectivity index (χ2n) is 6.87. The van der Waals surface area contributed by atoms with Gasteiger partial charge in [-0.1, -0.05) is 12.1 Å². The molecule has 0 spiro atoms. The van der Waals surface area contributed by atoms with Gasteiger partial charge in [0.25, 0.3) is 0 Å². The van der Waals surface area contributed by atoms with Gasteiger partial charge in [0.05, 0.1) is 5.69 Å². The number of hydrogen-bond donors (Lipinski definition) is 1. The van der Waals surface area contributed by atoms with Gasteiger partial charge in [0.2, 0.25) is 5.95 Å². The molecule has 1 aliphatic heterocycles. The number of hydrogen-bond acceptors (Lipinski definition) is 5. The first-order valence-corrected chi connectivity index (χ1v) is 9.32. The molecule has 0 aliphatic carbocycles. The fourth-order valence-electron chi connectivity index (χ4n) is 3.36. The van der Waals surface area contributed by atoms with Crippen molar-refractivity contribution in [2.45, 2.75) is 6.92 Å². The van der Waals surface area contributed by atoms with Crippen molar-refractivity contribution in [2.75, 3.05) is 41.3 Å². The van der Waals surface area contributed by atoms with Crippen LogP contribution in [0.3, 0.4) is 0 Å². The minimum atomic E-state index is -0.938. The van der Waals surface area contributed by atoms with E-state index >= 15 is 0 Å². The lowest BCUT2D eigenvalue weighted by Crippen LogP contribution is -2.47. The van der Waals surface area contributed by atoms with Crippen LogP contribution in [0, 0.1) is 24.4 Å². The van der Waals surface area contributed by atoms with Crippen LogP contribution in [-0.2, 0) is 0 Å². The molecule has 2 aromatic carbocycles. The van der Waals surface area contributed by atoms with Crippen LogP contribution in [0.1, 0.15) is 5.69 Å². The number of para-hydroxylation sites is 1. The summed E-state index contributed by atoms with van der Waals surface area (Å²) in [5, 5.41) is 2.92. The third kappa shape index (κ3) is 4.26. The van der Waals surface area contributed by atoms with Crippen molar-refractivity contribution in [3.8, 4) is 0 Å². The fraction of sp³-hybridized carbons (Fsp3) is 0.238. The van der Waals surface area contributed by atoms with Gasteiger partial charge in [0, 0.05) is 49.7 Å². The van der Waals surface area contributed by atoms with Crippen LogP contribution in [0.2, 0.25) is 0 Å². The number of aryl methyl sites for hydroxylation is 1. The quantitative estimate of drug-likeness (QED) is 0.710. The van der Waals surface area contributed by atoms with Gasteiger partial charge in [-0.05, 0) is 31.2 Å². The van der Waals surface area contributed by atoms with E-state index in [-0.39, 0.29) is 5.82 Å². The number of benzene rings is 2. The van der Waals surface area contributed by atoms with E-state index in [1.165, 1.54) is 12.1 Å². The second kappa shape index (κ2) is 7.98. The molecule has 0 bridgehead atoms. The Labute approximate surface area is 166 Å². The molecule has 1 N–H and O–H groups in total. The average molecular weight is 399 g/mol. The third-order valence-corrected chi connectivity index (χ3v) is 4.81. The van der Waals surface area contributed by atoms with Crippen molar-refractivity contribution < 1.29 is 13.2 Å². The summed E-state index contributed by atoms with van der Waals surface area (Å²) >= 11 is 0. The summed E-state index contributed by atoms with van der Waals surface area (Å²) in [4.78, 5) is 13.0. The van der Waals surface area contributed by atoms with Gasteiger partial charge >= 0.3 is 0 Å². The van der Waals surface area contributed by atoms with Crippen molar-refractivity contribution in [1.82, 2.24) is 9.97 Å². The Bertz CT molecular complexity index is 1020. The van der Waals surface area contributed by atoms with Crippen molar-refractivity contribution >= 4 is 23.1 Å². The van der Waals surface area contributed by atoms with Crippen molar-refractivity contribution in [3.63, 3.8) is 0 Å². The minimum Gasteiger partial charge on any atom is -0.366 e. The molecule has 0 radical (unpaired) electrons. The molecule has 8 heteroatoms. The van der Waals surface area contributed by atoms with Gasteiger partial charge in [-0.3, -0.25) is 0 Å². The molecular formula is C21H20F3N5. The Hall–Kier alpha value is -3.29. The van der Waals surface area contributed by atoms with Crippen LogP contribution in [0.5, 0.6) is 0 Å². The highest BCUT2D eigenvalue weighted by atomic mass is 19.2. The van der Waals surface area contributed by atoms with Crippen LogP contribution in [0.15, 0.2) is 48.5 Å². The van der Waals surface area contributed by atoms with Crippen LogP contribution >= 0.6 is 0 Å². The zero-order valence-corrected chi connectivity index (χ0v) is 15.9. The maximum absolute atomic E-state index is 14.0. The lowest BCUT2D eigenvalue weighted by Gasteiger charge is -2.37. The first-order chi connectivity index (χ1) is 14.0. The maximum atomic E-state index is 14.0. The molecule has 4 rings (SSSR count). The van der Waals surface area contributed by atoms with E-state index in [4.69, 9.17) is 0 Å². The molecule has 1 aliphatic rings. The van der Waals surface area contributed by atoms with Gasteiger partial charge in [-0.2, -0.15) is 4.98 Å². The summed E-state index contributed by atoms with van der Waals surface area (Å²) in [5.41, 5.74) is 1.72.